The minimum Gasteiger partial charge on any atom is -0.369 e. The van der Waals surface area contributed by atoms with Gasteiger partial charge in [0.25, 0.3) is 0 Å². The predicted molar refractivity (Wildman–Crippen MR) is 149 cm³/mol. The van der Waals surface area contributed by atoms with Crippen molar-refractivity contribution < 1.29 is 0 Å². The number of aromatic nitrogens is 1. The summed E-state index contributed by atoms with van der Waals surface area (Å²) < 4.78 is 0.909. The number of hydrogen-bond donors (Lipinski definition) is 0. The lowest BCUT2D eigenvalue weighted by atomic mass is 9.86. The van der Waals surface area contributed by atoms with Crippen molar-refractivity contribution in [2.75, 3.05) is 31.1 Å². The molecule has 3 aliphatic carbocycles. The van der Waals surface area contributed by atoms with Crippen LogP contribution in [-0.4, -0.2) is 46.0 Å². The van der Waals surface area contributed by atoms with Crippen LogP contribution in [-0.2, 0) is 0 Å². The van der Waals surface area contributed by atoms with Crippen molar-refractivity contribution in [1.82, 2.24) is 9.88 Å². The molecule has 5 rings (SSSR count). The smallest absolute Gasteiger partial charge is 0.0458 e. The van der Waals surface area contributed by atoms with E-state index in [-0.39, 0.29) is 0 Å². The van der Waals surface area contributed by atoms with Gasteiger partial charge in [0.05, 0.1) is 0 Å². The van der Waals surface area contributed by atoms with Crippen molar-refractivity contribution >= 4 is 28.3 Å². The van der Waals surface area contributed by atoms with Crippen LogP contribution in [0.25, 0.3) is 0 Å². The van der Waals surface area contributed by atoms with E-state index < -0.39 is 0 Å². The van der Waals surface area contributed by atoms with Crippen LogP contribution in [0.3, 0.4) is 0 Å². The number of hydrogen-bond acceptors (Lipinski definition) is 3. The Balaban J connectivity index is 1.30. The molecular formula is C29H46IN3. The van der Waals surface area contributed by atoms with Gasteiger partial charge in [-0.05, 0) is 63.5 Å². The van der Waals surface area contributed by atoms with Crippen LogP contribution in [0.4, 0.5) is 5.69 Å². The molecule has 1 aromatic rings. The Morgan fingerprint density at radius 1 is 0.606 bits per heavy atom. The second kappa shape index (κ2) is 12.1. The van der Waals surface area contributed by atoms with Crippen LogP contribution in [0.5, 0.6) is 0 Å². The van der Waals surface area contributed by atoms with Crippen LogP contribution in [0, 0.1) is 0 Å². The first-order valence-corrected chi connectivity index (χ1v) is 15.7. The zero-order chi connectivity index (χ0) is 22.5. The molecule has 3 saturated carbocycles. The number of rotatable bonds is 4. The standard InChI is InChI=1S/C29H46IN3/c30-25-13-8-14-26(16-15-25)32-17-19-33(20-18-32)27-21-28(23-9-4-1-2-5-10-23)31-29(22-27)24-11-6-3-7-12-24/h21-26H,1-20H2. The van der Waals surface area contributed by atoms with Crippen molar-refractivity contribution in [3.8, 4) is 0 Å². The van der Waals surface area contributed by atoms with E-state index >= 15 is 0 Å². The molecule has 0 N–H and O–H groups in total. The van der Waals surface area contributed by atoms with Gasteiger partial charge >= 0.3 is 0 Å². The van der Waals surface area contributed by atoms with Gasteiger partial charge in [-0.25, -0.2) is 0 Å². The van der Waals surface area contributed by atoms with Crippen LogP contribution >= 0.6 is 22.6 Å². The van der Waals surface area contributed by atoms with E-state index in [2.05, 4.69) is 44.5 Å². The molecule has 0 amide bonds. The Labute approximate surface area is 216 Å². The molecule has 0 spiro atoms. The summed E-state index contributed by atoms with van der Waals surface area (Å²) in [4.78, 5) is 10.9. The van der Waals surface area contributed by atoms with E-state index in [9.17, 15) is 0 Å². The van der Waals surface area contributed by atoms with Crippen molar-refractivity contribution in [2.24, 2.45) is 0 Å². The van der Waals surface area contributed by atoms with Crippen LogP contribution in [0.15, 0.2) is 12.1 Å². The highest BCUT2D eigenvalue weighted by Gasteiger charge is 2.28. The van der Waals surface area contributed by atoms with E-state index in [1.807, 2.05) is 0 Å². The van der Waals surface area contributed by atoms with Crippen molar-refractivity contribution in [3.63, 3.8) is 0 Å². The highest BCUT2D eigenvalue weighted by molar-refractivity contribution is 14.1. The van der Waals surface area contributed by atoms with Gasteiger partial charge in [-0.3, -0.25) is 9.88 Å². The average molecular weight is 564 g/mol. The van der Waals surface area contributed by atoms with E-state index in [1.165, 1.54) is 146 Å². The quantitative estimate of drug-likeness (QED) is 0.212. The molecule has 4 aliphatic rings. The van der Waals surface area contributed by atoms with Gasteiger partial charge < -0.3 is 4.90 Å². The van der Waals surface area contributed by atoms with Crippen LogP contribution in [0.1, 0.15) is 126 Å². The number of halogens is 1. The summed E-state index contributed by atoms with van der Waals surface area (Å²) >= 11 is 2.69. The first-order chi connectivity index (χ1) is 16.3. The monoisotopic (exact) mass is 563 g/mol. The first kappa shape index (κ1) is 24.3. The Morgan fingerprint density at radius 3 is 1.79 bits per heavy atom. The summed E-state index contributed by atoms with van der Waals surface area (Å²) in [5, 5.41) is 0. The zero-order valence-electron chi connectivity index (χ0n) is 20.8. The topological polar surface area (TPSA) is 19.4 Å². The van der Waals surface area contributed by atoms with Crippen molar-refractivity contribution in [1.29, 1.82) is 0 Å². The Bertz CT molecular complexity index is 730. The second-order valence-electron chi connectivity index (χ2n) is 11.5. The molecule has 2 atom stereocenters. The number of nitrogens with zero attached hydrogens (tertiary/aromatic N) is 3. The third kappa shape index (κ3) is 6.45. The third-order valence-corrected chi connectivity index (χ3v) is 10.5. The lowest BCUT2D eigenvalue weighted by molar-refractivity contribution is 0.169. The highest BCUT2D eigenvalue weighted by Crippen LogP contribution is 2.37. The van der Waals surface area contributed by atoms with E-state index in [4.69, 9.17) is 4.98 Å². The number of pyridine rings is 1. The lowest BCUT2D eigenvalue weighted by Gasteiger charge is -2.40. The van der Waals surface area contributed by atoms with Gasteiger partial charge in [-0.1, -0.05) is 74.0 Å². The largest absolute Gasteiger partial charge is 0.369 e. The van der Waals surface area contributed by atoms with Gasteiger partial charge in [0.15, 0.2) is 0 Å². The Kier molecular flexibility index (Phi) is 8.89. The normalized spacial score (nSPS) is 29.5. The summed E-state index contributed by atoms with van der Waals surface area (Å²) in [7, 11) is 0. The molecule has 0 bridgehead atoms. The molecule has 4 fully saturated rings. The number of anilines is 1. The van der Waals surface area contributed by atoms with Crippen molar-refractivity contribution in [2.45, 2.75) is 125 Å². The van der Waals surface area contributed by atoms with Crippen LogP contribution in [0.2, 0.25) is 0 Å². The molecular weight excluding hydrogens is 517 g/mol. The van der Waals surface area contributed by atoms with E-state index in [1.54, 1.807) is 0 Å². The fourth-order valence-corrected chi connectivity index (χ4v) is 7.88. The maximum absolute atomic E-state index is 5.39. The molecule has 3 nitrogen and oxygen atoms in total. The maximum atomic E-state index is 5.39. The molecule has 1 aliphatic heterocycles. The Hall–Kier alpha value is -0.360. The summed E-state index contributed by atoms with van der Waals surface area (Å²) in [6.45, 7) is 4.89. The minimum absolute atomic E-state index is 0.697. The average Bonchev–Trinajstić information content (AvgIpc) is 3.27. The van der Waals surface area contributed by atoms with Gasteiger partial charge in [0.1, 0.15) is 0 Å². The van der Waals surface area contributed by atoms with Crippen LogP contribution < -0.4 is 4.90 Å². The second-order valence-corrected chi connectivity index (χ2v) is 13.2. The molecule has 184 valence electrons. The molecule has 33 heavy (non-hydrogen) atoms. The van der Waals surface area contributed by atoms with Gasteiger partial charge in [-0.2, -0.15) is 0 Å². The van der Waals surface area contributed by atoms with Gasteiger partial charge in [0, 0.05) is 65.1 Å². The van der Waals surface area contributed by atoms with Gasteiger partial charge in [0.2, 0.25) is 0 Å². The molecule has 2 unspecified atom stereocenters. The maximum Gasteiger partial charge on any atom is 0.0458 e. The molecule has 2 heterocycles. The number of piperazine rings is 1. The molecule has 0 radical (unpaired) electrons. The zero-order valence-corrected chi connectivity index (χ0v) is 23.0. The lowest BCUT2D eigenvalue weighted by Crippen LogP contribution is -2.50. The summed E-state index contributed by atoms with van der Waals surface area (Å²) in [6, 6.07) is 5.87. The fraction of sp³-hybridized carbons (Fsp3) is 0.828. The summed E-state index contributed by atoms with van der Waals surface area (Å²) in [5.74, 6) is 1.40. The van der Waals surface area contributed by atoms with Crippen molar-refractivity contribution in [3.05, 3.63) is 23.5 Å². The fourth-order valence-electron chi connectivity index (χ4n) is 7.08. The predicted octanol–water partition coefficient (Wildman–Crippen LogP) is 7.83. The summed E-state index contributed by atoms with van der Waals surface area (Å²) in [5.41, 5.74) is 4.37. The first-order valence-electron chi connectivity index (χ1n) is 14.4. The highest BCUT2D eigenvalue weighted by atomic mass is 127. The Morgan fingerprint density at radius 2 is 1.18 bits per heavy atom. The molecule has 1 aromatic heterocycles. The summed E-state index contributed by atoms with van der Waals surface area (Å²) in [6.07, 6.45) is 22.4. The van der Waals surface area contributed by atoms with E-state index in [0.29, 0.717) is 11.8 Å². The SMILES string of the molecule is IC1CCCC(N2CCN(c3cc(C4CCCCCC4)nc(C4CCCCC4)c3)CC2)CC1. The third-order valence-electron chi connectivity index (χ3n) is 9.21. The minimum atomic E-state index is 0.697. The van der Waals surface area contributed by atoms with E-state index in [0.717, 1.165) is 9.97 Å². The number of alkyl halides is 1. The molecule has 1 saturated heterocycles. The van der Waals surface area contributed by atoms with Gasteiger partial charge in [-0.15, -0.1) is 0 Å². The molecule has 4 heteroatoms. The molecule has 0 aromatic carbocycles.